The minimum atomic E-state index is -0.287. The summed E-state index contributed by atoms with van der Waals surface area (Å²) in [5.74, 6) is 0.681. The number of anilines is 1. The molecule has 0 amide bonds. The first kappa shape index (κ1) is 14.8. The lowest BCUT2D eigenvalue weighted by Gasteiger charge is -2.10. The van der Waals surface area contributed by atoms with Gasteiger partial charge in [-0.05, 0) is 18.8 Å². The van der Waals surface area contributed by atoms with Crippen LogP contribution in [0.2, 0.25) is 5.02 Å². The Morgan fingerprint density at radius 3 is 2.94 bits per heavy atom. The fraction of sp³-hybridized carbons (Fsp3) is 0.538. The summed E-state index contributed by atoms with van der Waals surface area (Å²) in [7, 11) is 0. The van der Waals surface area contributed by atoms with E-state index in [-0.39, 0.29) is 10.6 Å². The summed E-state index contributed by atoms with van der Waals surface area (Å²) in [6, 6.07) is 0. The van der Waals surface area contributed by atoms with Crippen molar-refractivity contribution in [1.29, 1.82) is 0 Å². The van der Waals surface area contributed by atoms with E-state index < -0.39 is 0 Å². The second-order valence-electron chi connectivity index (χ2n) is 4.61. The maximum Gasteiger partial charge on any atom is 0.287 e. The minimum absolute atomic E-state index is 0.191. The molecule has 0 atom stereocenters. The highest BCUT2D eigenvalue weighted by Crippen LogP contribution is 2.15. The largest absolute Gasteiger partial charge is 0.382 e. The molecule has 1 aromatic heterocycles. The Morgan fingerprint density at radius 1 is 1.61 bits per heavy atom. The third-order valence-electron chi connectivity index (χ3n) is 2.56. The van der Waals surface area contributed by atoms with Crippen molar-refractivity contribution in [2.75, 3.05) is 11.9 Å². The van der Waals surface area contributed by atoms with Crippen LogP contribution in [0.5, 0.6) is 0 Å². The smallest absolute Gasteiger partial charge is 0.287 e. The van der Waals surface area contributed by atoms with Crippen molar-refractivity contribution < 1.29 is 0 Å². The van der Waals surface area contributed by atoms with E-state index in [4.69, 9.17) is 11.6 Å². The van der Waals surface area contributed by atoms with Crippen LogP contribution in [0.3, 0.4) is 0 Å². The number of nitrogens with zero attached hydrogens (tertiary/aromatic N) is 2. The number of aromatic nitrogens is 2. The standard InChI is InChI=1S/C13H20ClN3O/c1-4-8-17-13(18)12(14)11(9-16-17)15-7-5-6-10(2)3/h4,9-10,15H,1,5-8H2,2-3H3. The van der Waals surface area contributed by atoms with Gasteiger partial charge >= 0.3 is 0 Å². The van der Waals surface area contributed by atoms with Gasteiger partial charge < -0.3 is 5.32 Å². The van der Waals surface area contributed by atoms with Gasteiger partial charge in [0.25, 0.3) is 5.56 Å². The van der Waals surface area contributed by atoms with E-state index >= 15 is 0 Å². The number of nitrogens with one attached hydrogen (secondary N) is 1. The molecule has 4 nitrogen and oxygen atoms in total. The molecule has 0 unspecified atom stereocenters. The Morgan fingerprint density at radius 2 is 2.33 bits per heavy atom. The van der Waals surface area contributed by atoms with Crippen LogP contribution in [0.15, 0.2) is 23.6 Å². The van der Waals surface area contributed by atoms with E-state index in [1.807, 2.05) is 0 Å². The molecule has 0 aliphatic heterocycles. The molecule has 1 rings (SSSR count). The molecule has 0 aliphatic carbocycles. The van der Waals surface area contributed by atoms with Crippen molar-refractivity contribution in [3.05, 3.63) is 34.2 Å². The molecule has 0 saturated heterocycles. The van der Waals surface area contributed by atoms with Crippen LogP contribution in [-0.4, -0.2) is 16.3 Å². The highest BCUT2D eigenvalue weighted by molar-refractivity contribution is 6.32. The molecule has 1 aromatic rings. The molecule has 0 aliphatic rings. The Bertz CT molecular complexity index is 454. The van der Waals surface area contributed by atoms with Gasteiger partial charge in [-0.1, -0.05) is 31.5 Å². The maximum absolute atomic E-state index is 11.8. The first-order chi connectivity index (χ1) is 8.56. The Kier molecular flexibility index (Phi) is 5.92. The molecule has 1 heterocycles. The summed E-state index contributed by atoms with van der Waals surface area (Å²) in [6.07, 6.45) is 5.39. The second-order valence-corrected chi connectivity index (χ2v) is 4.99. The molecule has 0 aromatic carbocycles. The number of allylic oxidation sites excluding steroid dienone is 1. The van der Waals surface area contributed by atoms with E-state index in [0.29, 0.717) is 18.2 Å². The third kappa shape index (κ3) is 4.18. The van der Waals surface area contributed by atoms with Gasteiger partial charge in [-0.15, -0.1) is 6.58 Å². The summed E-state index contributed by atoms with van der Waals surface area (Å²) < 4.78 is 1.29. The third-order valence-corrected chi connectivity index (χ3v) is 2.93. The Hall–Kier alpha value is -1.29. The number of rotatable bonds is 7. The lowest BCUT2D eigenvalue weighted by Crippen LogP contribution is -2.23. The molecule has 1 N–H and O–H groups in total. The van der Waals surface area contributed by atoms with E-state index in [1.54, 1.807) is 12.3 Å². The van der Waals surface area contributed by atoms with E-state index in [9.17, 15) is 4.79 Å². The minimum Gasteiger partial charge on any atom is -0.382 e. The van der Waals surface area contributed by atoms with Crippen LogP contribution in [0.1, 0.15) is 26.7 Å². The Labute approximate surface area is 113 Å². The molecule has 18 heavy (non-hydrogen) atoms. The molecule has 5 heteroatoms. The molecule has 0 bridgehead atoms. The molecular weight excluding hydrogens is 250 g/mol. The number of hydrogen-bond acceptors (Lipinski definition) is 3. The summed E-state index contributed by atoms with van der Waals surface area (Å²) in [5.41, 5.74) is 0.316. The zero-order valence-corrected chi connectivity index (χ0v) is 11.7. The SMILES string of the molecule is C=CCn1ncc(NCCCC(C)C)c(Cl)c1=O. The van der Waals surface area contributed by atoms with E-state index in [1.165, 1.54) is 4.68 Å². The van der Waals surface area contributed by atoms with Crippen LogP contribution in [-0.2, 0) is 6.54 Å². The molecular formula is C13H20ClN3O. The highest BCUT2D eigenvalue weighted by atomic mass is 35.5. The van der Waals surface area contributed by atoms with Gasteiger partial charge in [-0.3, -0.25) is 4.79 Å². The van der Waals surface area contributed by atoms with Gasteiger partial charge in [0.1, 0.15) is 5.02 Å². The van der Waals surface area contributed by atoms with Crippen LogP contribution >= 0.6 is 11.6 Å². The quantitative estimate of drug-likeness (QED) is 0.612. The Balaban J connectivity index is 2.65. The average Bonchev–Trinajstić information content (AvgIpc) is 2.33. The number of hydrogen-bond donors (Lipinski definition) is 1. The lowest BCUT2D eigenvalue weighted by molar-refractivity contribution is 0.566. The van der Waals surface area contributed by atoms with Gasteiger partial charge in [0.15, 0.2) is 0 Å². The molecule has 0 saturated carbocycles. The lowest BCUT2D eigenvalue weighted by atomic mass is 10.1. The van der Waals surface area contributed by atoms with Crippen molar-refractivity contribution in [2.45, 2.75) is 33.2 Å². The van der Waals surface area contributed by atoms with Crippen LogP contribution in [0.25, 0.3) is 0 Å². The second kappa shape index (κ2) is 7.21. The topological polar surface area (TPSA) is 46.9 Å². The van der Waals surface area contributed by atoms with E-state index in [0.717, 1.165) is 19.4 Å². The van der Waals surface area contributed by atoms with Crippen LogP contribution < -0.4 is 10.9 Å². The van der Waals surface area contributed by atoms with Crippen molar-refractivity contribution in [2.24, 2.45) is 5.92 Å². The number of halogens is 1. The van der Waals surface area contributed by atoms with Crippen molar-refractivity contribution in [3.63, 3.8) is 0 Å². The maximum atomic E-state index is 11.8. The molecule has 100 valence electrons. The zero-order valence-electron chi connectivity index (χ0n) is 10.9. The fourth-order valence-electron chi connectivity index (χ4n) is 1.57. The monoisotopic (exact) mass is 269 g/mol. The predicted octanol–water partition coefficient (Wildman–Crippen LogP) is 2.93. The summed E-state index contributed by atoms with van der Waals surface area (Å²) >= 11 is 6.01. The summed E-state index contributed by atoms with van der Waals surface area (Å²) in [4.78, 5) is 11.8. The first-order valence-corrected chi connectivity index (χ1v) is 6.54. The summed E-state index contributed by atoms with van der Waals surface area (Å²) in [5, 5.41) is 7.36. The van der Waals surface area contributed by atoms with Gasteiger partial charge in [0.05, 0.1) is 18.4 Å². The molecule has 0 radical (unpaired) electrons. The first-order valence-electron chi connectivity index (χ1n) is 6.16. The van der Waals surface area contributed by atoms with Gasteiger partial charge in [0.2, 0.25) is 0 Å². The predicted molar refractivity (Wildman–Crippen MR) is 76.3 cm³/mol. The summed E-state index contributed by atoms with van der Waals surface area (Å²) in [6.45, 7) is 9.10. The molecule has 0 fully saturated rings. The van der Waals surface area contributed by atoms with Crippen molar-refractivity contribution in [3.8, 4) is 0 Å². The van der Waals surface area contributed by atoms with Crippen molar-refractivity contribution >= 4 is 17.3 Å². The van der Waals surface area contributed by atoms with Gasteiger partial charge in [-0.25, -0.2) is 4.68 Å². The van der Waals surface area contributed by atoms with Crippen molar-refractivity contribution in [1.82, 2.24) is 9.78 Å². The zero-order chi connectivity index (χ0) is 13.5. The normalized spacial score (nSPS) is 10.7. The van der Waals surface area contributed by atoms with Gasteiger partial charge in [-0.2, -0.15) is 5.10 Å². The van der Waals surface area contributed by atoms with Crippen LogP contribution in [0, 0.1) is 5.92 Å². The fourth-order valence-corrected chi connectivity index (χ4v) is 1.79. The average molecular weight is 270 g/mol. The molecule has 0 spiro atoms. The van der Waals surface area contributed by atoms with E-state index in [2.05, 4.69) is 30.8 Å². The highest BCUT2D eigenvalue weighted by Gasteiger charge is 2.07. The van der Waals surface area contributed by atoms with Crippen LogP contribution in [0.4, 0.5) is 5.69 Å². The van der Waals surface area contributed by atoms with Gasteiger partial charge in [0, 0.05) is 6.54 Å².